The molecule has 22 heavy (non-hydrogen) atoms. The zero-order valence-electron chi connectivity index (χ0n) is 13.0. The highest BCUT2D eigenvalue weighted by molar-refractivity contribution is 5.94. The minimum atomic E-state index is -0.780. The molecule has 3 nitrogen and oxygen atoms in total. The Morgan fingerprint density at radius 2 is 1.91 bits per heavy atom. The van der Waals surface area contributed by atoms with E-state index in [9.17, 15) is 13.6 Å². The number of piperidine rings is 1. The Kier molecular flexibility index (Phi) is 7.23. The molecule has 2 rings (SSSR count). The Balaban J connectivity index is 0.00000242. The summed E-state index contributed by atoms with van der Waals surface area (Å²) >= 11 is 0. The first-order chi connectivity index (χ1) is 10.0. The number of hydrogen-bond donors (Lipinski definition) is 1. The maximum atomic E-state index is 13.8. The Morgan fingerprint density at radius 1 is 1.27 bits per heavy atom. The van der Waals surface area contributed by atoms with Gasteiger partial charge in [0, 0.05) is 19.2 Å². The first kappa shape index (κ1) is 18.8. The van der Waals surface area contributed by atoms with Crippen LogP contribution in [0.1, 0.15) is 35.7 Å². The topological polar surface area (TPSA) is 32.3 Å². The fraction of sp³-hybridized carbons (Fsp3) is 0.562. The van der Waals surface area contributed by atoms with Crippen LogP contribution in [0, 0.1) is 24.5 Å². The second kappa shape index (κ2) is 8.44. The number of carbonyl (C=O) groups is 1. The van der Waals surface area contributed by atoms with E-state index in [0.29, 0.717) is 24.6 Å². The van der Waals surface area contributed by atoms with Crippen molar-refractivity contribution in [3.8, 4) is 0 Å². The van der Waals surface area contributed by atoms with Crippen molar-refractivity contribution in [3.05, 3.63) is 34.9 Å². The summed E-state index contributed by atoms with van der Waals surface area (Å²) in [6, 6.07) is 2.10. The van der Waals surface area contributed by atoms with Crippen molar-refractivity contribution in [1.82, 2.24) is 10.2 Å². The molecule has 1 heterocycles. The SMILES string of the molecule is CCNCC1CCN(C(=O)c2cc(C)c(F)cc2F)CC1.Cl. The first-order valence-corrected chi connectivity index (χ1v) is 7.48. The zero-order valence-corrected chi connectivity index (χ0v) is 13.8. The predicted molar refractivity (Wildman–Crippen MR) is 85.5 cm³/mol. The summed E-state index contributed by atoms with van der Waals surface area (Å²) in [7, 11) is 0. The third-order valence-electron chi connectivity index (χ3n) is 4.06. The molecule has 0 unspecified atom stereocenters. The number of carbonyl (C=O) groups excluding carboxylic acids is 1. The normalized spacial score (nSPS) is 15.5. The van der Waals surface area contributed by atoms with Crippen LogP contribution in [0.2, 0.25) is 0 Å². The monoisotopic (exact) mass is 332 g/mol. The summed E-state index contributed by atoms with van der Waals surface area (Å²) in [4.78, 5) is 14.0. The molecule has 6 heteroatoms. The van der Waals surface area contributed by atoms with E-state index in [2.05, 4.69) is 12.2 Å². The lowest BCUT2D eigenvalue weighted by molar-refractivity contribution is 0.0685. The van der Waals surface area contributed by atoms with Crippen molar-refractivity contribution in [2.24, 2.45) is 5.92 Å². The molecule has 0 bridgehead atoms. The van der Waals surface area contributed by atoms with Crippen LogP contribution in [-0.2, 0) is 0 Å². The van der Waals surface area contributed by atoms with Crippen molar-refractivity contribution in [2.75, 3.05) is 26.2 Å². The molecule has 0 saturated carbocycles. The summed E-state index contributed by atoms with van der Waals surface area (Å²) in [5, 5.41) is 3.31. The Hall–Kier alpha value is -1.20. The highest BCUT2D eigenvalue weighted by Gasteiger charge is 2.25. The van der Waals surface area contributed by atoms with Crippen LogP contribution in [0.25, 0.3) is 0 Å². The lowest BCUT2D eigenvalue weighted by atomic mass is 9.96. The molecule has 1 aliphatic heterocycles. The number of aryl methyl sites for hydroxylation is 1. The van der Waals surface area contributed by atoms with Crippen molar-refractivity contribution in [3.63, 3.8) is 0 Å². The van der Waals surface area contributed by atoms with E-state index in [-0.39, 0.29) is 23.9 Å². The minimum absolute atomic E-state index is 0. The van der Waals surface area contributed by atoms with Gasteiger partial charge in [-0.25, -0.2) is 8.78 Å². The van der Waals surface area contributed by atoms with Crippen molar-refractivity contribution in [1.29, 1.82) is 0 Å². The summed E-state index contributed by atoms with van der Waals surface area (Å²) in [5.41, 5.74) is 0.265. The molecular weight excluding hydrogens is 310 g/mol. The van der Waals surface area contributed by atoms with Crippen LogP contribution in [0.5, 0.6) is 0 Å². The first-order valence-electron chi connectivity index (χ1n) is 7.48. The zero-order chi connectivity index (χ0) is 15.4. The third-order valence-corrected chi connectivity index (χ3v) is 4.06. The Morgan fingerprint density at radius 3 is 2.50 bits per heavy atom. The number of nitrogens with zero attached hydrogens (tertiary/aromatic N) is 1. The molecule has 124 valence electrons. The van der Waals surface area contributed by atoms with E-state index in [4.69, 9.17) is 0 Å². The smallest absolute Gasteiger partial charge is 0.256 e. The van der Waals surface area contributed by atoms with Gasteiger partial charge in [-0.2, -0.15) is 0 Å². The van der Waals surface area contributed by atoms with Crippen LogP contribution in [0.4, 0.5) is 8.78 Å². The maximum absolute atomic E-state index is 13.8. The summed E-state index contributed by atoms with van der Waals surface area (Å²) in [5.74, 6) is -1.17. The van der Waals surface area contributed by atoms with E-state index in [1.807, 2.05) is 0 Å². The second-order valence-electron chi connectivity index (χ2n) is 5.62. The molecule has 0 aliphatic carbocycles. The van der Waals surface area contributed by atoms with Crippen molar-refractivity contribution in [2.45, 2.75) is 26.7 Å². The van der Waals surface area contributed by atoms with Gasteiger partial charge in [-0.1, -0.05) is 6.92 Å². The number of rotatable bonds is 4. The fourth-order valence-corrected chi connectivity index (χ4v) is 2.68. The van der Waals surface area contributed by atoms with E-state index in [0.717, 1.165) is 32.0 Å². The van der Waals surface area contributed by atoms with Crippen LogP contribution in [0.3, 0.4) is 0 Å². The number of amides is 1. The lowest BCUT2D eigenvalue weighted by Crippen LogP contribution is -2.41. The van der Waals surface area contributed by atoms with Gasteiger partial charge in [-0.15, -0.1) is 12.4 Å². The molecule has 0 radical (unpaired) electrons. The highest BCUT2D eigenvalue weighted by Crippen LogP contribution is 2.21. The third kappa shape index (κ3) is 4.40. The molecule has 1 saturated heterocycles. The largest absolute Gasteiger partial charge is 0.339 e. The Labute approximate surface area is 136 Å². The van der Waals surface area contributed by atoms with Crippen LogP contribution in [0.15, 0.2) is 12.1 Å². The van der Waals surface area contributed by atoms with E-state index in [1.165, 1.54) is 13.0 Å². The number of benzene rings is 1. The van der Waals surface area contributed by atoms with Gasteiger partial charge in [0.1, 0.15) is 11.6 Å². The molecule has 0 aromatic heterocycles. The van der Waals surface area contributed by atoms with Gasteiger partial charge in [-0.3, -0.25) is 4.79 Å². The van der Waals surface area contributed by atoms with Gasteiger partial charge >= 0.3 is 0 Å². The van der Waals surface area contributed by atoms with Crippen LogP contribution >= 0.6 is 12.4 Å². The number of nitrogens with one attached hydrogen (secondary N) is 1. The van der Waals surface area contributed by atoms with Crippen molar-refractivity contribution < 1.29 is 13.6 Å². The minimum Gasteiger partial charge on any atom is -0.339 e. The number of halogens is 3. The molecule has 0 atom stereocenters. The molecular formula is C16H23ClF2N2O. The maximum Gasteiger partial charge on any atom is 0.256 e. The molecule has 1 aromatic carbocycles. The molecule has 1 aromatic rings. The summed E-state index contributed by atoms with van der Waals surface area (Å²) in [6.07, 6.45) is 1.83. The number of hydrogen-bond acceptors (Lipinski definition) is 2. The van der Waals surface area contributed by atoms with Crippen molar-refractivity contribution >= 4 is 18.3 Å². The average Bonchev–Trinajstić information content (AvgIpc) is 2.48. The summed E-state index contributed by atoms with van der Waals surface area (Å²) < 4.78 is 27.0. The standard InChI is InChI=1S/C16H22F2N2O.ClH/c1-3-19-10-12-4-6-20(7-5-12)16(21)13-8-11(2)14(17)9-15(13)18;/h8-9,12,19H,3-7,10H2,1-2H3;1H. The van der Waals surface area contributed by atoms with Gasteiger partial charge in [0.15, 0.2) is 0 Å². The molecule has 1 aliphatic rings. The van der Waals surface area contributed by atoms with Crippen LogP contribution in [-0.4, -0.2) is 37.0 Å². The summed E-state index contributed by atoms with van der Waals surface area (Å²) in [6.45, 7) is 6.77. The second-order valence-corrected chi connectivity index (χ2v) is 5.62. The van der Waals surface area contributed by atoms with E-state index < -0.39 is 11.6 Å². The van der Waals surface area contributed by atoms with Gasteiger partial charge < -0.3 is 10.2 Å². The fourth-order valence-electron chi connectivity index (χ4n) is 2.68. The van der Waals surface area contributed by atoms with E-state index in [1.54, 1.807) is 4.90 Å². The molecule has 1 amide bonds. The molecule has 1 N–H and O–H groups in total. The number of likely N-dealkylation sites (tertiary alicyclic amines) is 1. The van der Waals surface area contributed by atoms with Crippen LogP contribution < -0.4 is 5.32 Å². The van der Waals surface area contributed by atoms with Gasteiger partial charge in [0.25, 0.3) is 5.91 Å². The van der Waals surface area contributed by atoms with E-state index >= 15 is 0 Å². The Bertz CT molecular complexity index is 517. The van der Waals surface area contributed by atoms with Gasteiger partial charge in [-0.05, 0) is 50.4 Å². The quantitative estimate of drug-likeness (QED) is 0.918. The molecule has 1 fully saturated rings. The van der Waals surface area contributed by atoms with Gasteiger partial charge in [0.05, 0.1) is 5.56 Å². The highest BCUT2D eigenvalue weighted by atomic mass is 35.5. The molecule has 0 spiro atoms. The lowest BCUT2D eigenvalue weighted by Gasteiger charge is -2.32. The van der Waals surface area contributed by atoms with Gasteiger partial charge in [0.2, 0.25) is 0 Å². The predicted octanol–water partition coefficient (Wildman–Crippen LogP) is 3.16. The average molecular weight is 333 g/mol.